The number of hydrogen-bond acceptors (Lipinski definition) is 3. The molecule has 0 aromatic heterocycles. The van der Waals surface area contributed by atoms with Crippen LogP contribution >= 0.6 is 0 Å². The first-order valence-corrected chi connectivity index (χ1v) is 8.56. The van der Waals surface area contributed by atoms with Crippen LogP contribution in [0, 0.1) is 13.8 Å². The predicted octanol–water partition coefficient (Wildman–Crippen LogP) is 3.85. The number of amides is 2. The highest BCUT2D eigenvalue weighted by molar-refractivity contribution is 6.04. The number of anilines is 1. The molecule has 2 rings (SSSR count). The fourth-order valence-corrected chi connectivity index (χ4v) is 2.55. The van der Waals surface area contributed by atoms with Gasteiger partial charge in [0.2, 0.25) is 0 Å². The van der Waals surface area contributed by atoms with Crippen molar-refractivity contribution in [1.82, 2.24) is 5.32 Å². The van der Waals surface area contributed by atoms with E-state index in [0.29, 0.717) is 17.0 Å². The lowest BCUT2D eigenvalue weighted by molar-refractivity contribution is -0.118. The summed E-state index contributed by atoms with van der Waals surface area (Å²) in [4.78, 5) is 24.7. The van der Waals surface area contributed by atoms with Crippen molar-refractivity contribution in [2.75, 3.05) is 11.9 Å². The van der Waals surface area contributed by atoms with Crippen LogP contribution in [0.5, 0.6) is 5.75 Å². The third-order valence-electron chi connectivity index (χ3n) is 3.50. The van der Waals surface area contributed by atoms with Crippen molar-refractivity contribution in [3.05, 3.63) is 59.2 Å². The summed E-state index contributed by atoms with van der Waals surface area (Å²) in [5.74, 6) is 0.0974. The van der Waals surface area contributed by atoms with E-state index < -0.39 is 0 Å². The fraction of sp³-hybridized carbons (Fsp3) is 0.333. The molecular formula is C21H26N2O3. The van der Waals surface area contributed by atoms with Crippen LogP contribution in [0.2, 0.25) is 0 Å². The zero-order chi connectivity index (χ0) is 19.3. The molecule has 2 N–H and O–H groups in total. The summed E-state index contributed by atoms with van der Waals surface area (Å²) in [5, 5.41) is 5.65. The summed E-state index contributed by atoms with van der Waals surface area (Å²) in [6, 6.07) is 12.7. The Balaban J connectivity index is 2.04. The minimum atomic E-state index is -0.361. The zero-order valence-electron chi connectivity index (χ0n) is 16.0. The predicted molar refractivity (Wildman–Crippen MR) is 104 cm³/mol. The van der Waals surface area contributed by atoms with Crippen LogP contribution in [0.4, 0.5) is 5.69 Å². The first-order valence-electron chi connectivity index (χ1n) is 8.56. The third-order valence-corrected chi connectivity index (χ3v) is 3.50. The Morgan fingerprint density at radius 1 is 1.00 bits per heavy atom. The molecule has 5 nitrogen and oxygen atoms in total. The summed E-state index contributed by atoms with van der Waals surface area (Å²) in [6.45, 7) is 9.55. The van der Waals surface area contributed by atoms with Crippen molar-refractivity contribution < 1.29 is 14.3 Å². The van der Waals surface area contributed by atoms with Gasteiger partial charge in [0.05, 0.1) is 11.3 Å². The molecule has 0 fully saturated rings. The van der Waals surface area contributed by atoms with Crippen LogP contribution in [0.25, 0.3) is 0 Å². The maximum absolute atomic E-state index is 12.4. The molecule has 0 saturated heterocycles. The molecule has 0 atom stereocenters. The van der Waals surface area contributed by atoms with E-state index in [1.165, 1.54) is 0 Å². The quantitative estimate of drug-likeness (QED) is 0.857. The molecule has 0 bridgehead atoms. The van der Waals surface area contributed by atoms with Crippen molar-refractivity contribution >= 4 is 17.5 Å². The van der Waals surface area contributed by atoms with Gasteiger partial charge >= 0.3 is 0 Å². The molecule has 2 amide bonds. The summed E-state index contributed by atoms with van der Waals surface area (Å²) in [6.07, 6.45) is 0. The maximum Gasteiger partial charge on any atom is 0.262 e. The summed E-state index contributed by atoms with van der Waals surface area (Å²) in [5.41, 5.74) is 2.67. The van der Waals surface area contributed by atoms with Gasteiger partial charge in [-0.1, -0.05) is 18.2 Å². The van der Waals surface area contributed by atoms with E-state index in [1.807, 2.05) is 52.8 Å². The van der Waals surface area contributed by atoms with Gasteiger partial charge in [-0.2, -0.15) is 0 Å². The first-order chi connectivity index (χ1) is 12.1. The number of ether oxygens (including phenoxy) is 1. The average Bonchev–Trinajstić information content (AvgIpc) is 2.51. The van der Waals surface area contributed by atoms with E-state index in [-0.39, 0.29) is 24.0 Å². The highest BCUT2D eigenvalue weighted by Crippen LogP contribution is 2.18. The lowest BCUT2D eigenvalue weighted by atomic mass is 10.1. The maximum atomic E-state index is 12.4. The molecule has 5 heteroatoms. The largest absolute Gasteiger partial charge is 0.484 e. The van der Waals surface area contributed by atoms with Gasteiger partial charge in [0.15, 0.2) is 6.61 Å². The van der Waals surface area contributed by atoms with Crippen LogP contribution in [0.1, 0.15) is 42.3 Å². The monoisotopic (exact) mass is 354 g/mol. The van der Waals surface area contributed by atoms with Crippen LogP contribution in [-0.4, -0.2) is 24.0 Å². The average molecular weight is 354 g/mol. The third kappa shape index (κ3) is 5.92. The first kappa shape index (κ1) is 19.5. The minimum Gasteiger partial charge on any atom is -0.484 e. The Kier molecular flexibility index (Phi) is 6.03. The number of hydrogen-bond donors (Lipinski definition) is 2. The number of para-hydroxylation sites is 1. The molecule has 0 radical (unpaired) electrons. The zero-order valence-corrected chi connectivity index (χ0v) is 16.0. The number of rotatable bonds is 5. The SMILES string of the molecule is Cc1cc(C)cc(OCC(=O)Nc2ccccc2C(=O)NC(C)(C)C)c1. The molecule has 0 aliphatic carbocycles. The molecule has 26 heavy (non-hydrogen) atoms. The van der Waals surface area contributed by atoms with Crippen molar-refractivity contribution in [1.29, 1.82) is 0 Å². The molecule has 0 saturated carbocycles. The van der Waals surface area contributed by atoms with Crippen molar-refractivity contribution in [3.63, 3.8) is 0 Å². The summed E-state index contributed by atoms with van der Waals surface area (Å²) in [7, 11) is 0. The smallest absolute Gasteiger partial charge is 0.262 e. The second-order valence-electron chi connectivity index (χ2n) is 7.41. The van der Waals surface area contributed by atoms with Gasteiger partial charge in [0, 0.05) is 5.54 Å². The topological polar surface area (TPSA) is 67.4 Å². The Hall–Kier alpha value is -2.82. The van der Waals surface area contributed by atoms with Crippen LogP contribution in [-0.2, 0) is 4.79 Å². The Labute approximate surface area is 154 Å². The number of nitrogens with one attached hydrogen (secondary N) is 2. The van der Waals surface area contributed by atoms with Crippen LogP contribution in [0.15, 0.2) is 42.5 Å². The summed E-state index contributed by atoms with van der Waals surface area (Å²) < 4.78 is 5.57. The highest BCUT2D eigenvalue weighted by Gasteiger charge is 2.18. The number of aryl methyl sites for hydroxylation is 2. The van der Waals surface area contributed by atoms with Gasteiger partial charge in [0.25, 0.3) is 11.8 Å². The Morgan fingerprint density at radius 2 is 1.62 bits per heavy atom. The van der Waals surface area contributed by atoms with Gasteiger partial charge < -0.3 is 15.4 Å². The van der Waals surface area contributed by atoms with E-state index in [1.54, 1.807) is 24.3 Å². The lowest BCUT2D eigenvalue weighted by Crippen LogP contribution is -2.41. The normalized spacial score (nSPS) is 11.0. The van der Waals surface area contributed by atoms with E-state index in [0.717, 1.165) is 11.1 Å². The van der Waals surface area contributed by atoms with Crippen LogP contribution < -0.4 is 15.4 Å². The molecule has 0 heterocycles. The van der Waals surface area contributed by atoms with E-state index >= 15 is 0 Å². The molecule has 0 unspecified atom stereocenters. The van der Waals surface area contributed by atoms with Crippen molar-refractivity contribution in [2.45, 2.75) is 40.2 Å². The molecule has 0 aliphatic rings. The summed E-state index contributed by atoms with van der Waals surface area (Å²) >= 11 is 0. The Morgan fingerprint density at radius 3 is 2.23 bits per heavy atom. The van der Waals surface area contributed by atoms with E-state index in [9.17, 15) is 9.59 Å². The minimum absolute atomic E-state index is 0.127. The number of carbonyl (C=O) groups excluding carboxylic acids is 2. The van der Waals surface area contributed by atoms with E-state index in [4.69, 9.17) is 4.74 Å². The molecule has 138 valence electrons. The second-order valence-corrected chi connectivity index (χ2v) is 7.41. The lowest BCUT2D eigenvalue weighted by Gasteiger charge is -2.21. The van der Waals surface area contributed by atoms with Gasteiger partial charge in [0.1, 0.15) is 5.75 Å². The van der Waals surface area contributed by atoms with Gasteiger partial charge in [-0.25, -0.2) is 0 Å². The van der Waals surface area contributed by atoms with Gasteiger partial charge in [-0.15, -0.1) is 0 Å². The van der Waals surface area contributed by atoms with Crippen LogP contribution in [0.3, 0.4) is 0 Å². The van der Waals surface area contributed by atoms with E-state index in [2.05, 4.69) is 10.6 Å². The fourth-order valence-electron chi connectivity index (χ4n) is 2.55. The van der Waals surface area contributed by atoms with Crippen molar-refractivity contribution in [2.24, 2.45) is 0 Å². The molecule has 2 aromatic rings. The number of carbonyl (C=O) groups is 2. The molecule has 0 spiro atoms. The Bertz CT molecular complexity index is 787. The van der Waals surface area contributed by atoms with Crippen molar-refractivity contribution in [3.8, 4) is 5.75 Å². The number of benzene rings is 2. The molecule has 0 aliphatic heterocycles. The van der Waals surface area contributed by atoms with Gasteiger partial charge in [-0.05, 0) is 70.0 Å². The van der Waals surface area contributed by atoms with Gasteiger partial charge in [-0.3, -0.25) is 9.59 Å². The second kappa shape index (κ2) is 8.04. The molecule has 2 aromatic carbocycles. The standard InChI is InChI=1S/C21H26N2O3/c1-14-10-15(2)12-16(11-14)26-13-19(24)22-18-9-7-6-8-17(18)20(25)23-21(3,4)5/h6-12H,13H2,1-5H3,(H,22,24)(H,23,25). The molecular weight excluding hydrogens is 328 g/mol. The highest BCUT2D eigenvalue weighted by atomic mass is 16.5.